The van der Waals surface area contributed by atoms with Gasteiger partial charge in [-0.25, -0.2) is 8.99 Å². The van der Waals surface area contributed by atoms with Gasteiger partial charge < -0.3 is 9.52 Å². The molecule has 1 unspecified atom stereocenters. The lowest BCUT2D eigenvalue weighted by Crippen LogP contribution is -2.23. The van der Waals surface area contributed by atoms with Gasteiger partial charge in [0.15, 0.2) is 10.9 Å². The molecule has 0 saturated heterocycles. The lowest BCUT2D eigenvalue weighted by atomic mass is 9.75. The van der Waals surface area contributed by atoms with Crippen molar-refractivity contribution in [2.24, 2.45) is 5.92 Å². The fourth-order valence-corrected chi connectivity index (χ4v) is 5.41. The number of aryl methyl sites for hydroxylation is 1. The summed E-state index contributed by atoms with van der Waals surface area (Å²) in [5.74, 6) is 0.158. The van der Waals surface area contributed by atoms with Gasteiger partial charge in [0.1, 0.15) is 9.73 Å². The van der Waals surface area contributed by atoms with Crippen LogP contribution in [-0.2, 0) is 45.8 Å². The largest absolute Gasteiger partial charge is 0.454 e. The Morgan fingerprint density at radius 2 is 2.07 bits per heavy atom. The van der Waals surface area contributed by atoms with E-state index in [4.69, 9.17) is 9.20 Å². The van der Waals surface area contributed by atoms with Crippen LogP contribution in [0.5, 0.6) is 0 Å². The normalized spacial score (nSPS) is 18.4. The highest BCUT2D eigenvalue weighted by molar-refractivity contribution is 7.93. The molecule has 0 spiro atoms. The maximum Gasteiger partial charge on any atom is 0.199 e. The van der Waals surface area contributed by atoms with E-state index in [0.29, 0.717) is 11.5 Å². The minimum absolute atomic E-state index is 0.0428. The summed E-state index contributed by atoms with van der Waals surface area (Å²) in [5.41, 5.74) is 4.26. The Morgan fingerprint density at radius 3 is 2.62 bits per heavy atom. The molecule has 1 aromatic carbocycles. The third-order valence-electron chi connectivity index (χ3n) is 6.35. The van der Waals surface area contributed by atoms with E-state index in [1.165, 1.54) is 48.3 Å². The van der Waals surface area contributed by atoms with Crippen LogP contribution in [-0.4, -0.2) is 20.9 Å². The van der Waals surface area contributed by atoms with Crippen LogP contribution in [0.3, 0.4) is 0 Å². The lowest BCUT2D eigenvalue weighted by Gasteiger charge is -2.30. The molecule has 2 aliphatic rings. The molecule has 4 rings (SSSR count). The Hall–Kier alpha value is -1.92. The molecule has 0 radical (unpaired) electrons. The fourth-order valence-electron chi connectivity index (χ4n) is 4.19. The Kier molecular flexibility index (Phi) is 5.20. The summed E-state index contributed by atoms with van der Waals surface area (Å²) in [4.78, 5) is 12.8. The molecule has 2 aromatic rings. The van der Waals surface area contributed by atoms with Crippen molar-refractivity contribution in [3.05, 3.63) is 52.3 Å². The Bertz CT molecular complexity index is 1040. The Labute approximate surface area is 172 Å². The van der Waals surface area contributed by atoms with Crippen molar-refractivity contribution < 1.29 is 18.5 Å². The topological polar surface area (TPSA) is 91.4 Å². The van der Waals surface area contributed by atoms with Crippen LogP contribution in [0.4, 0.5) is 0 Å². The van der Waals surface area contributed by atoms with Gasteiger partial charge in [0.05, 0.1) is 17.6 Å². The van der Waals surface area contributed by atoms with Gasteiger partial charge in [0, 0.05) is 18.1 Å². The summed E-state index contributed by atoms with van der Waals surface area (Å²) in [6.07, 6.45) is 8.42. The summed E-state index contributed by atoms with van der Waals surface area (Å²) in [6.45, 7) is 3.18. The SMILES string of the molecule is CC(C)(O)c1coc(S(=N)(=O)CC(=O)Cc2c(CC3CCC3)ccc3c2CC3)c1. The summed E-state index contributed by atoms with van der Waals surface area (Å²) < 4.78 is 26.4. The average Bonchev–Trinajstić information content (AvgIpc) is 3.04. The Morgan fingerprint density at radius 1 is 1.31 bits per heavy atom. The number of benzene rings is 1. The van der Waals surface area contributed by atoms with Crippen LogP contribution in [0.1, 0.15) is 60.9 Å². The van der Waals surface area contributed by atoms with Crippen molar-refractivity contribution in [1.29, 1.82) is 4.78 Å². The average molecular weight is 416 g/mol. The van der Waals surface area contributed by atoms with Crippen molar-refractivity contribution in [2.75, 3.05) is 5.75 Å². The first-order valence-electron chi connectivity index (χ1n) is 10.4. The summed E-state index contributed by atoms with van der Waals surface area (Å²) in [7, 11) is -3.38. The van der Waals surface area contributed by atoms with Crippen molar-refractivity contribution in [3.8, 4) is 0 Å². The number of Topliss-reactive ketones (excluding diaryl/α,β-unsaturated/α-hetero) is 1. The quantitative estimate of drug-likeness (QED) is 0.677. The first-order valence-corrected chi connectivity index (χ1v) is 12.1. The van der Waals surface area contributed by atoms with Crippen LogP contribution in [0, 0.1) is 10.7 Å². The standard InChI is InChI=1S/C23H29NO4S/c1-23(2,26)18-11-22(28-13-18)29(24,27)14-19(25)12-21-17(10-15-4-3-5-15)7-6-16-8-9-20(16)21/h6-7,11,13,15,24,26H,3-5,8-10,12,14H2,1-2H3. The molecule has 29 heavy (non-hydrogen) atoms. The highest BCUT2D eigenvalue weighted by Gasteiger charge is 2.28. The van der Waals surface area contributed by atoms with Crippen LogP contribution < -0.4 is 0 Å². The van der Waals surface area contributed by atoms with Crippen molar-refractivity contribution in [1.82, 2.24) is 0 Å². The van der Waals surface area contributed by atoms with Crippen molar-refractivity contribution >= 4 is 15.5 Å². The number of aliphatic hydroxyl groups is 1. The molecule has 156 valence electrons. The molecule has 1 atom stereocenters. The van der Waals surface area contributed by atoms with Crippen LogP contribution in [0.25, 0.3) is 0 Å². The maximum absolute atomic E-state index is 12.9. The zero-order valence-electron chi connectivity index (χ0n) is 17.1. The predicted molar refractivity (Wildman–Crippen MR) is 112 cm³/mol. The molecule has 0 bridgehead atoms. The van der Waals surface area contributed by atoms with Crippen LogP contribution >= 0.6 is 0 Å². The van der Waals surface area contributed by atoms with E-state index in [0.717, 1.165) is 24.8 Å². The Balaban J connectivity index is 1.51. The second-order valence-corrected chi connectivity index (χ2v) is 11.1. The fraction of sp³-hybridized carbons (Fsp3) is 0.522. The van der Waals surface area contributed by atoms with Gasteiger partial charge in [-0.15, -0.1) is 0 Å². The number of furan rings is 1. The van der Waals surface area contributed by atoms with Gasteiger partial charge in [0.2, 0.25) is 0 Å². The highest BCUT2D eigenvalue weighted by Crippen LogP contribution is 2.35. The van der Waals surface area contributed by atoms with Gasteiger partial charge in [0.25, 0.3) is 0 Å². The third-order valence-corrected chi connectivity index (χ3v) is 7.94. The van der Waals surface area contributed by atoms with Crippen molar-refractivity contribution in [2.45, 2.75) is 69.5 Å². The van der Waals surface area contributed by atoms with E-state index in [1.54, 1.807) is 13.8 Å². The number of carbonyl (C=O) groups is 1. The minimum Gasteiger partial charge on any atom is -0.454 e. The molecular formula is C23H29NO4S. The number of nitrogens with one attached hydrogen (secondary N) is 1. The molecule has 1 aromatic heterocycles. The number of ketones is 1. The predicted octanol–water partition coefficient (Wildman–Crippen LogP) is 4.17. The number of hydrogen-bond acceptors (Lipinski definition) is 5. The lowest BCUT2D eigenvalue weighted by molar-refractivity contribution is -0.116. The van der Waals surface area contributed by atoms with Gasteiger partial charge >= 0.3 is 0 Å². The van der Waals surface area contributed by atoms with E-state index in [2.05, 4.69) is 12.1 Å². The number of fused-ring (bicyclic) bond motifs is 1. The van der Waals surface area contributed by atoms with E-state index in [1.807, 2.05) is 0 Å². The number of hydrogen-bond donors (Lipinski definition) is 2. The smallest absolute Gasteiger partial charge is 0.199 e. The van der Waals surface area contributed by atoms with Gasteiger partial charge in [-0.3, -0.25) is 4.79 Å². The van der Waals surface area contributed by atoms with Crippen LogP contribution in [0.15, 0.2) is 34.0 Å². The molecule has 0 amide bonds. The summed E-state index contributed by atoms with van der Waals surface area (Å²) in [5, 5.41) is 10.0. The van der Waals surface area contributed by atoms with Crippen LogP contribution in [0.2, 0.25) is 0 Å². The van der Waals surface area contributed by atoms with Crippen molar-refractivity contribution in [3.63, 3.8) is 0 Å². The molecule has 2 aliphatic carbocycles. The molecule has 6 heteroatoms. The van der Waals surface area contributed by atoms with E-state index in [9.17, 15) is 14.1 Å². The van der Waals surface area contributed by atoms with Gasteiger partial charge in [-0.1, -0.05) is 31.4 Å². The highest BCUT2D eigenvalue weighted by atomic mass is 32.2. The van der Waals surface area contributed by atoms with Gasteiger partial charge in [-0.05, 0) is 61.3 Å². The van der Waals surface area contributed by atoms with E-state index < -0.39 is 15.3 Å². The zero-order chi connectivity index (χ0) is 20.8. The van der Waals surface area contributed by atoms with E-state index >= 15 is 0 Å². The first-order chi connectivity index (χ1) is 13.6. The zero-order valence-corrected chi connectivity index (χ0v) is 17.9. The minimum atomic E-state index is -3.38. The molecule has 1 fully saturated rings. The van der Waals surface area contributed by atoms with E-state index in [-0.39, 0.29) is 23.0 Å². The molecular weight excluding hydrogens is 386 g/mol. The second-order valence-electron chi connectivity index (χ2n) is 9.09. The molecule has 1 saturated carbocycles. The monoisotopic (exact) mass is 415 g/mol. The summed E-state index contributed by atoms with van der Waals surface area (Å²) in [6, 6.07) is 5.79. The molecule has 0 aliphatic heterocycles. The molecule has 1 heterocycles. The summed E-state index contributed by atoms with van der Waals surface area (Å²) >= 11 is 0. The third kappa shape index (κ3) is 4.19. The number of carbonyl (C=O) groups excluding carboxylic acids is 1. The van der Waals surface area contributed by atoms with Gasteiger partial charge in [-0.2, -0.15) is 0 Å². The second kappa shape index (κ2) is 7.40. The molecule has 5 nitrogen and oxygen atoms in total. The molecule has 2 N–H and O–H groups in total. The first kappa shape index (κ1) is 20.4. The maximum atomic E-state index is 12.9. The number of rotatable bonds is 8.